The van der Waals surface area contributed by atoms with Gasteiger partial charge in [-0.2, -0.15) is 0 Å². The predicted molar refractivity (Wildman–Crippen MR) is 87.7 cm³/mol. The van der Waals surface area contributed by atoms with Crippen molar-refractivity contribution in [2.24, 2.45) is 5.92 Å². The minimum atomic E-state index is 0.721. The Hall–Kier alpha value is -0.650. The first-order valence-electron chi connectivity index (χ1n) is 7.65. The number of nitrogens with one attached hydrogen (secondary N) is 1. The summed E-state index contributed by atoms with van der Waals surface area (Å²) in [6, 6.07) is 0. The van der Waals surface area contributed by atoms with E-state index in [4.69, 9.17) is 4.74 Å². The molecule has 0 bridgehead atoms. The molecule has 1 aromatic rings. The Bertz CT molecular complexity index is 351. The summed E-state index contributed by atoms with van der Waals surface area (Å²) in [5.74, 6) is 0.721. The molecule has 116 valence electrons. The molecule has 0 unspecified atom stereocenters. The molecule has 5 heteroatoms. The zero-order chi connectivity index (χ0) is 14.8. The minimum Gasteiger partial charge on any atom is -0.380 e. The van der Waals surface area contributed by atoms with Gasteiger partial charge in [-0.25, -0.2) is 4.98 Å². The molecule has 1 N–H and O–H groups in total. The van der Waals surface area contributed by atoms with Crippen LogP contribution in [0.15, 0.2) is 6.20 Å². The van der Waals surface area contributed by atoms with E-state index in [-0.39, 0.29) is 0 Å². The normalized spacial score (nSPS) is 11.2. The lowest BCUT2D eigenvalue weighted by atomic mass is 10.1. The Labute approximate surface area is 127 Å². The summed E-state index contributed by atoms with van der Waals surface area (Å²) in [6.07, 6.45) is 3.12. The molecule has 0 amide bonds. The number of hydrogen-bond acceptors (Lipinski definition) is 5. The first kappa shape index (κ1) is 17.4. The summed E-state index contributed by atoms with van der Waals surface area (Å²) in [5, 5.41) is 4.53. The van der Waals surface area contributed by atoms with Crippen LogP contribution in [0.3, 0.4) is 0 Å². The van der Waals surface area contributed by atoms with Crippen molar-refractivity contribution in [2.45, 2.75) is 40.7 Å². The van der Waals surface area contributed by atoms with E-state index in [9.17, 15) is 0 Å². The van der Waals surface area contributed by atoms with Crippen molar-refractivity contribution in [1.82, 2.24) is 10.3 Å². The highest BCUT2D eigenvalue weighted by Crippen LogP contribution is 2.21. The van der Waals surface area contributed by atoms with Crippen LogP contribution < -0.4 is 10.2 Å². The number of hydrogen-bond donors (Lipinski definition) is 1. The van der Waals surface area contributed by atoms with Gasteiger partial charge < -0.3 is 15.0 Å². The highest BCUT2D eigenvalue weighted by molar-refractivity contribution is 7.15. The van der Waals surface area contributed by atoms with Gasteiger partial charge in [0, 0.05) is 43.9 Å². The number of ether oxygens (including phenoxy) is 1. The molecule has 4 nitrogen and oxygen atoms in total. The second-order valence-corrected chi connectivity index (χ2v) is 6.35. The van der Waals surface area contributed by atoms with Crippen LogP contribution >= 0.6 is 11.3 Å². The molecule has 0 spiro atoms. The smallest absolute Gasteiger partial charge is 0.185 e. The third-order valence-corrected chi connectivity index (χ3v) is 4.20. The summed E-state index contributed by atoms with van der Waals surface area (Å²) in [5.41, 5.74) is 0. The van der Waals surface area contributed by atoms with Crippen molar-refractivity contribution in [3.05, 3.63) is 11.1 Å². The number of thiazole rings is 1. The zero-order valence-corrected chi connectivity index (χ0v) is 14.1. The maximum atomic E-state index is 5.58. The van der Waals surface area contributed by atoms with E-state index in [1.807, 2.05) is 6.20 Å². The van der Waals surface area contributed by atoms with E-state index in [1.54, 1.807) is 11.3 Å². The first-order chi connectivity index (χ1) is 9.67. The summed E-state index contributed by atoms with van der Waals surface area (Å²) in [4.78, 5) is 8.05. The molecule has 20 heavy (non-hydrogen) atoms. The molecular formula is C15H29N3OS. The van der Waals surface area contributed by atoms with Crippen molar-refractivity contribution >= 4 is 16.5 Å². The van der Waals surface area contributed by atoms with E-state index in [0.29, 0.717) is 0 Å². The van der Waals surface area contributed by atoms with Crippen LogP contribution in [-0.4, -0.2) is 37.8 Å². The minimum absolute atomic E-state index is 0.721. The van der Waals surface area contributed by atoms with Crippen LogP contribution in [0.2, 0.25) is 0 Å². The van der Waals surface area contributed by atoms with Gasteiger partial charge in [0.2, 0.25) is 0 Å². The number of rotatable bonds is 11. The zero-order valence-electron chi connectivity index (χ0n) is 13.3. The lowest BCUT2D eigenvalue weighted by Crippen LogP contribution is -2.21. The summed E-state index contributed by atoms with van der Waals surface area (Å²) in [7, 11) is 0. The average Bonchev–Trinajstić information content (AvgIpc) is 2.87. The van der Waals surface area contributed by atoms with Gasteiger partial charge in [-0.3, -0.25) is 0 Å². The van der Waals surface area contributed by atoms with Gasteiger partial charge in [0.05, 0.1) is 6.61 Å². The van der Waals surface area contributed by atoms with Gasteiger partial charge in [-0.15, -0.1) is 11.3 Å². The van der Waals surface area contributed by atoms with E-state index in [0.717, 1.165) is 56.9 Å². The number of anilines is 1. The molecule has 0 saturated carbocycles. The van der Waals surface area contributed by atoms with Gasteiger partial charge in [0.15, 0.2) is 5.13 Å². The lowest BCUT2D eigenvalue weighted by molar-refractivity contribution is 0.125. The molecular weight excluding hydrogens is 270 g/mol. The van der Waals surface area contributed by atoms with Crippen molar-refractivity contribution in [3.8, 4) is 0 Å². The van der Waals surface area contributed by atoms with Crippen molar-refractivity contribution in [1.29, 1.82) is 0 Å². The molecule has 1 aromatic heterocycles. The standard InChI is InChI=1S/C15H29N3OS/c1-5-18(6-2)15-17-12-14(20-15)11-16-8-10-19-9-7-13(3)4/h12-13,16H,5-11H2,1-4H3. The van der Waals surface area contributed by atoms with Gasteiger partial charge in [0.25, 0.3) is 0 Å². The van der Waals surface area contributed by atoms with Gasteiger partial charge in [-0.1, -0.05) is 13.8 Å². The maximum Gasteiger partial charge on any atom is 0.185 e. The van der Waals surface area contributed by atoms with Crippen LogP contribution in [0.4, 0.5) is 5.13 Å². The van der Waals surface area contributed by atoms with Crippen LogP contribution in [0.25, 0.3) is 0 Å². The molecule has 0 aromatic carbocycles. The number of aromatic nitrogens is 1. The average molecular weight is 299 g/mol. The number of nitrogens with zero attached hydrogens (tertiary/aromatic N) is 2. The Morgan fingerprint density at radius 3 is 2.70 bits per heavy atom. The molecule has 0 aliphatic heterocycles. The Morgan fingerprint density at radius 2 is 2.05 bits per heavy atom. The largest absolute Gasteiger partial charge is 0.380 e. The summed E-state index contributed by atoms with van der Waals surface area (Å²) >= 11 is 1.77. The second kappa shape index (κ2) is 10.1. The molecule has 0 aliphatic rings. The molecule has 0 saturated heterocycles. The lowest BCUT2D eigenvalue weighted by Gasteiger charge is -2.16. The third kappa shape index (κ3) is 6.68. The summed E-state index contributed by atoms with van der Waals surface area (Å²) < 4.78 is 5.58. The van der Waals surface area contributed by atoms with Crippen molar-refractivity contribution in [3.63, 3.8) is 0 Å². The quantitative estimate of drug-likeness (QED) is 0.637. The van der Waals surface area contributed by atoms with E-state index >= 15 is 0 Å². The van der Waals surface area contributed by atoms with Crippen molar-refractivity contribution in [2.75, 3.05) is 37.7 Å². The fourth-order valence-electron chi connectivity index (χ4n) is 1.80. The fraction of sp³-hybridized carbons (Fsp3) is 0.800. The third-order valence-electron chi connectivity index (χ3n) is 3.14. The Morgan fingerprint density at radius 1 is 1.30 bits per heavy atom. The molecule has 0 aliphatic carbocycles. The topological polar surface area (TPSA) is 37.4 Å². The Balaban J connectivity index is 2.13. The van der Waals surface area contributed by atoms with Gasteiger partial charge >= 0.3 is 0 Å². The summed E-state index contributed by atoms with van der Waals surface area (Å²) in [6.45, 7) is 14.2. The van der Waals surface area contributed by atoms with Crippen LogP contribution in [0, 0.1) is 5.92 Å². The molecule has 0 radical (unpaired) electrons. The molecule has 0 atom stereocenters. The van der Waals surface area contributed by atoms with Crippen LogP contribution in [-0.2, 0) is 11.3 Å². The van der Waals surface area contributed by atoms with Crippen LogP contribution in [0.5, 0.6) is 0 Å². The monoisotopic (exact) mass is 299 g/mol. The highest BCUT2D eigenvalue weighted by Gasteiger charge is 2.07. The van der Waals surface area contributed by atoms with Crippen molar-refractivity contribution < 1.29 is 4.74 Å². The van der Waals surface area contributed by atoms with E-state index in [2.05, 4.69) is 42.9 Å². The predicted octanol–water partition coefficient (Wildman–Crippen LogP) is 3.14. The van der Waals surface area contributed by atoms with Crippen LogP contribution in [0.1, 0.15) is 39.0 Å². The van der Waals surface area contributed by atoms with E-state index < -0.39 is 0 Å². The molecule has 0 fully saturated rings. The fourth-order valence-corrected chi connectivity index (χ4v) is 2.80. The first-order valence-corrected chi connectivity index (χ1v) is 8.47. The highest BCUT2D eigenvalue weighted by atomic mass is 32.1. The Kier molecular flexibility index (Phi) is 8.82. The van der Waals surface area contributed by atoms with E-state index in [1.165, 1.54) is 4.88 Å². The maximum absolute atomic E-state index is 5.58. The van der Waals surface area contributed by atoms with Gasteiger partial charge in [-0.05, 0) is 26.2 Å². The molecule has 1 rings (SSSR count). The second-order valence-electron chi connectivity index (χ2n) is 5.25. The SMILES string of the molecule is CCN(CC)c1ncc(CNCCOCCC(C)C)s1. The molecule has 1 heterocycles. The van der Waals surface area contributed by atoms with Gasteiger partial charge in [0.1, 0.15) is 0 Å².